The lowest BCUT2D eigenvalue weighted by molar-refractivity contribution is 0.202. The van der Waals surface area contributed by atoms with Gasteiger partial charge in [-0.2, -0.15) is 4.98 Å². The molecule has 0 radical (unpaired) electrons. The Labute approximate surface area is 193 Å². The number of rotatable bonds is 5. The predicted octanol–water partition coefficient (Wildman–Crippen LogP) is 3.70. The molecule has 2 fully saturated rings. The lowest BCUT2D eigenvalue weighted by Crippen LogP contribution is -2.44. The predicted molar refractivity (Wildman–Crippen MR) is 128 cm³/mol. The number of hydrogen-bond acceptors (Lipinski definition) is 7. The van der Waals surface area contributed by atoms with Crippen LogP contribution in [0.5, 0.6) is 0 Å². The summed E-state index contributed by atoms with van der Waals surface area (Å²) < 4.78 is 5.74. The Kier molecular flexibility index (Phi) is 5.32. The Hall–Kier alpha value is -3.23. The number of aromatic nitrogens is 4. The molecule has 8 nitrogen and oxygen atoms in total. The molecule has 0 bridgehead atoms. The van der Waals surface area contributed by atoms with Gasteiger partial charge in [-0.05, 0) is 50.2 Å². The van der Waals surface area contributed by atoms with Crippen LogP contribution < -0.4 is 4.90 Å². The number of likely N-dealkylation sites (tertiary alicyclic amines) is 1. The van der Waals surface area contributed by atoms with Crippen LogP contribution in [0.2, 0.25) is 0 Å². The molecule has 0 saturated carbocycles. The van der Waals surface area contributed by atoms with Crippen molar-refractivity contribution in [2.24, 2.45) is 0 Å². The van der Waals surface area contributed by atoms with Crippen molar-refractivity contribution in [2.75, 3.05) is 44.7 Å². The molecule has 0 spiro atoms. The number of benzene rings is 1. The molecule has 8 heteroatoms. The number of para-hydroxylation sites is 1. The van der Waals surface area contributed by atoms with Gasteiger partial charge >= 0.3 is 0 Å². The molecule has 33 heavy (non-hydrogen) atoms. The standard InChI is InChI=1S/C25H29N7O/c1-30-11-13-31(14-12-30)23-9-8-18(15-27-23)24-28-25(33-29-24)22-7-4-10-32(22)17-19-16-26-21-6-3-2-5-20(19)21/h2-3,5-6,8-9,15-16,22,26H,4,7,10-14,17H2,1H3. The van der Waals surface area contributed by atoms with Gasteiger partial charge in [0.1, 0.15) is 5.82 Å². The largest absolute Gasteiger partial charge is 0.361 e. The van der Waals surface area contributed by atoms with Crippen LogP contribution in [-0.2, 0) is 6.54 Å². The van der Waals surface area contributed by atoms with Crippen LogP contribution >= 0.6 is 0 Å². The van der Waals surface area contributed by atoms with E-state index in [2.05, 4.69) is 73.4 Å². The fourth-order valence-corrected chi connectivity index (χ4v) is 5.01. The fraction of sp³-hybridized carbons (Fsp3) is 0.400. The Morgan fingerprint density at radius 1 is 1.06 bits per heavy atom. The second-order valence-corrected chi connectivity index (χ2v) is 9.14. The average molecular weight is 444 g/mol. The first-order chi connectivity index (χ1) is 16.2. The summed E-state index contributed by atoms with van der Waals surface area (Å²) in [6.07, 6.45) is 6.14. The van der Waals surface area contributed by atoms with E-state index in [0.29, 0.717) is 11.7 Å². The minimum atomic E-state index is 0.150. The third kappa shape index (κ3) is 4.00. The lowest BCUT2D eigenvalue weighted by atomic mass is 10.1. The number of nitrogens with one attached hydrogen (secondary N) is 1. The van der Waals surface area contributed by atoms with Crippen molar-refractivity contribution in [2.45, 2.75) is 25.4 Å². The summed E-state index contributed by atoms with van der Waals surface area (Å²) in [5.41, 5.74) is 3.38. The zero-order chi connectivity index (χ0) is 22.2. The van der Waals surface area contributed by atoms with Gasteiger partial charge < -0.3 is 19.3 Å². The molecule has 1 aromatic carbocycles. The molecule has 0 aliphatic carbocycles. The number of hydrogen-bond donors (Lipinski definition) is 1. The van der Waals surface area contributed by atoms with Gasteiger partial charge in [-0.25, -0.2) is 4.98 Å². The molecule has 1 N–H and O–H groups in total. The molecule has 2 aliphatic heterocycles. The zero-order valence-corrected chi connectivity index (χ0v) is 18.9. The number of pyridine rings is 1. The minimum absolute atomic E-state index is 0.150. The second kappa shape index (κ2) is 8.61. The first-order valence-corrected chi connectivity index (χ1v) is 11.8. The number of anilines is 1. The SMILES string of the molecule is CN1CCN(c2ccc(-c3noc(C4CCCN4Cc4c[nH]c5ccccc45)n3)cn2)CC1. The van der Waals surface area contributed by atoms with Crippen LogP contribution in [0, 0.1) is 0 Å². The first kappa shape index (κ1) is 20.4. The summed E-state index contributed by atoms with van der Waals surface area (Å²) in [6.45, 7) is 6.03. The molecule has 0 amide bonds. The maximum Gasteiger partial charge on any atom is 0.244 e. The quantitative estimate of drug-likeness (QED) is 0.504. The fourth-order valence-electron chi connectivity index (χ4n) is 5.01. The Balaban J connectivity index is 1.17. The van der Waals surface area contributed by atoms with E-state index >= 15 is 0 Å². The summed E-state index contributed by atoms with van der Waals surface area (Å²) in [5, 5.41) is 5.56. The van der Waals surface area contributed by atoms with Crippen molar-refractivity contribution in [3.63, 3.8) is 0 Å². The number of likely N-dealkylation sites (N-methyl/N-ethyl adjacent to an activating group) is 1. The monoisotopic (exact) mass is 443 g/mol. The van der Waals surface area contributed by atoms with Gasteiger partial charge in [-0.3, -0.25) is 4.90 Å². The van der Waals surface area contributed by atoms with Gasteiger partial charge in [-0.15, -0.1) is 0 Å². The van der Waals surface area contributed by atoms with E-state index < -0.39 is 0 Å². The van der Waals surface area contributed by atoms with E-state index in [0.717, 1.165) is 63.5 Å². The van der Waals surface area contributed by atoms with Crippen molar-refractivity contribution in [1.29, 1.82) is 0 Å². The highest BCUT2D eigenvalue weighted by Gasteiger charge is 2.31. The molecular formula is C25H29N7O. The molecule has 3 aromatic heterocycles. The van der Waals surface area contributed by atoms with E-state index in [1.807, 2.05) is 12.3 Å². The highest BCUT2D eigenvalue weighted by Crippen LogP contribution is 2.34. The number of nitrogens with zero attached hydrogens (tertiary/aromatic N) is 6. The second-order valence-electron chi connectivity index (χ2n) is 9.14. The molecule has 2 aliphatic rings. The van der Waals surface area contributed by atoms with E-state index in [1.54, 1.807) is 0 Å². The smallest absolute Gasteiger partial charge is 0.244 e. The van der Waals surface area contributed by atoms with Gasteiger partial charge in [0.2, 0.25) is 11.7 Å². The van der Waals surface area contributed by atoms with E-state index in [-0.39, 0.29) is 6.04 Å². The summed E-state index contributed by atoms with van der Waals surface area (Å²) in [6, 6.07) is 12.7. The highest BCUT2D eigenvalue weighted by molar-refractivity contribution is 5.83. The summed E-state index contributed by atoms with van der Waals surface area (Å²) in [7, 11) is 2.16. The zero-order valence-electron chi connectivity index (χ0n) is 18.9. The molecule has 1 atom stereocenters. The molecule has 170 valence electrons. The summed E-state index contributed by atoms with van der Waals surface area (Å²) >= 11 is 0. The van der Waals surface area contributed by atoms with E-state index in [9.17, 15) is 0 Å². The highest BCUT2D eigenvalue weighted by atomic mass is 16.5. The number of fused-ring (bicyclic) bond motifs is 1. The molecule has 6 rings (SSSR count). The van der Waals surface area contributed by atoms with Crippen LogP contribution in [0.25, 0.3) is 22.3 Å². The number of aromatic amines is 1. The molecule has 4 aromatic rings. The van der Waals surface area contributed by atoms with Crippen LogP contribution in [0.3, 0.4) is 0 Å². The first-order valence-electron chi connectivity index (χ1n) is 11.8. The van der Waals surface area contributed by atoms with Gasteiger partial charge in [0.25, 0.3) is 0 Å². The van der Waals surface area contributed by atoms with Gasteiger partial charge in [-0.1, -0.05) is 23.4 Å². The number of H-pyrrole nitrogens is 1. The van der Waals surface area contributed by atoms with Gasteiger partial charge in [0, 0.05) is 61.6 Å². The normalized spacial score (nSPS) is 20.2. The van der Waals surface area contributed by atoms with Crippen LogP contribution in [0.4, 0.5) is 5.82 Å². The molecule has 1 unspecified atom stereocenters. The Bertz CT molecular complexity index is 1220. The van der Waals surface area contributed by atoms with Crippen molar-refractivity contribution in [3.05, 3.63) is 60.2 Å². The Morgan fingerprint density at radius 2 is 1.94 bits per heavy atom. The molecule has 5 heterocycles. The third-order valence-electron chi connectivity index (χ3n) is 6.97. The Morgan fingerprint density at radius 3 is 2.79 bits per heavy atom. The van der Waals surface area contributed by atoms with Crippen LogP contribution in [-0.4, -0.2) is 69.7 Å². The molecule has 2 saturated heterocycles. The third-order valence-corrected chi connectivity index (χ3v) is 6.97. The average Bonchev–Trinajstić information content (AvgIpc) is 3.60. The van der Waals surface area contributed by atoms with E-state index in [1.165, 1.54) is 16.5 Å². The topological polar surface area (TPSA) is 77.3 Å². The van der Waals surface area contributed by atoms with Crippen molar-refractivity contribution >= 4 is 16.7 Å². The van der Waals surface area contributed by atoms with Crippen molar-refractivity contribution < 1.29 is 4.52 Å². The van der Waals surface area contributed by atoms with Gasteiger partial charge in [0.15, 0.2) is 0 Å². The van der Waals surface area contributed by atoms with E-state index in [4.69, 9.17) is 9.51 Å². The van der Waals surface area contributed by atoms with Gasteiger partial charge in [0.05, 0.1) is 6.04 Å². The maximum atomic E-state index is 5.74. The van der Waals surface area contributed by atoms with Crippen molar-refractivity contribution in [3.8, 4) is 11.4 Å². The molecular weight excluding hydrogens is 414 g/mol. The minimum Gasteiger partial charge on any atom is -0.361 e. The maximum absolute atomic E-state index is 5.74. The summed E-state index contributed by atoms with van der Waals surface area (Å²) in [4.78, 5) is 19.9. The van der Waals surface area contributed by atoms with Crippen LogP contribution in [0.15, 0.2) is 53.3 Å². The lowest BCUT2D eigenvalue weighted by Gasteiger charge is -2.33. The van der Waals surface area contributed by atoms with Crippen LogP contribution in [0.1, 0.15) is 30.3 Å². The van der Waals surface area contributed by atoms with Crippen molar-refractivity contribution in [1.82, 2.24) is 29.9 Å². The number of piperazine rings is 1. The summed E-state index contributed by atoms with van der Waals surface area (Å²) in [5.74, 6) is 2.32.